The summed E-state index contributed by atoms with van der Waals surface area (Å²) in [6.45, 7) is 6.19. The van der Waals surface area contributed by atoms with E-state index in [9.17, 15) is 4.79 Å². The molecule has 0 bridgehead atoms. The summed E-state index contributed by atoms with van der Waals surface area (Å²) in [4.78, 5) is 13.7. The fraction of sp³-hybridized carbons (Fsp3) is 0.727. The van der Waals surface area contributed by atoms with Crippen molar-refractivity contribution in [2.75, 3.05) is 7.11 Å². The van der Waals surface area contributed by atoms with Crippen LogP contribution in [0.3, 0.4) is 0 Å². The van der Waals surface area contributed by atoms with Gasteiger partial charge in [-0.05, 0) is 24.8 Å². The van der Waals surface area contributed by atoms with Gasteiger partial charge in [0.15, 0.2) is 0 Å². The van der Waals surface area contributed by atoms with E-state index in [4.69, 9.17) is 4.74 Å². The van der Waals surface area contributed by atoms with E-state index < -0.39 is 0 Å². The van der Waals surface area contributed by atoms with Crippen molar-refractivity contribution < 1.29 is 9.53 Å². The molecule has 0 N–H and O–H groups in total. The molecule has 1 rings (SSSR count). The minimum absolute atomic E-state index is 0.105. The number of hydrogen-bond acceptors (Lipinski definition) is 2. The molecule has 0 aromatic heterocycles. The molecular weight excluding hydrogens is 244 g/mol. The molecule has 0 heterocycles. The Morgan fingerprint density at radius 3 is 2.43 bits per heavy atom. The summed E-state index contributed by atoms with van der Waals surface area (Å²) in [6.07, 6.45) is 1.83. The van der Waals surface area contributed by atoms with Crippen LogP contribution in [-0.4, -0.2) is 13.1 Å². The van der Waals surface area contributed by atoms with E-state index in [0.29, 0.717) is 0 Å². The summed E-state index contributed by atoms with van der Waals surface area (Å²) in [6, 6.07) is 0. The van der Waals surface area contributed by atoms with Crippen LogP contribution in [0, 0.1) is 10.8 Å². The topological polar surface area (TPSA) is 26.3 Å². The van der Waals surface area contributed by atoms with E-state index in [1.807, 2.05) is 11.9 Å². The van der Waals surface area contributed by atoms with E-state index in [2.05, 4.69) is 29.8 Å². The van der Waals surface area contributed by atoms with Crippen molar-refractivity contribution in [2.24, 2.45) is 10.8 Å². The second-order valence-corrected chi connectivity index (χ2v) is 5.04. The summed E-state index contributed by atoms with van der Waals surface area (Å²) < 4.78 is 4.88. The van der Waals surface area contributed by atoms with Crippen LogP contribution < -0.4 is 0 Å². The number of allylic oxidation sites excluding steroid dienone is 1. The Morgan fingerprint density at radius 1 is 1.50 bits per heavy atom. The fourth-order valence-corrected chi connectivity index (χ4v) is 2.94. The van der Waals surface area contributed by atoms with Gasteiger partial charge in [-0.2, -0.15) is 0 Å². The first-order valence-electron chi connectivity index (χ1n) is 4.78. The molecule has 14 heavy (non-hydrogen) atoms. The van der Waals surface area contributed by atoms with E-state index >= 15 is 0 Å². The van der Waals surface area contributed by atoms with Gasteiger partial charge in [0.25, 0.3) is 0 Å². The molecule has 1 aliphatic rings. The Balaban J connectivity index is 3.10. The Hall–Kier alpha value is -0.310. The number of rotatable bonds is 1. The van der Waals surface area contributed by atoms with Crippen molar-refractivity contribution in [1.82, 2.24) is 0 Å². The zero-order chi connectivity index (χ0) is 11.0. The summed E-state index contributed by atoms with van der Waals surface area (Å²) in [5.41, 5.74) is 0.774. The molecule has 1 fully saturated rings. The zero-order valence-corrected chi connectivity index (χ0v) is 10.8. The van der Waals surface area contributed by atoms with Crippen LogP contribution in [0.25, 0.3) is 0 Å². The highest BCUT2D eigenvalue weighted by Crippen LogP contribution is 2.56. The fourth-order valence-electron chi connectivity index (χ4n) is 2.14. The van der Waals surface area contributed by atoms with Crippen molar-refractivity contribution in [3.8, 4) is 0 Å². The summed E-state index contributed by atoms with van der Waals surface area (Å²) in [5, 5.41) is 0. The van der Waals surface area contributed by atoms with Crippen molar-refractivity contribution in [3.63, 3.8) is 0 Å². The number of carbonyl (C=O) groups is 1. The first kappa shape index (κ1) is 11.8. The SMILES string of the molecule is COC(=O)[C@]1(C)CC/C(=C\Br)C1(C)C. The van der Waals surface area contributed by atoms with Crippen LogP contribution in [0.4, 0.5) is 0 Å². The molecule has 0 spiro atoms. The molecule has 0 amide bonds. The molecule has 0 saturated heterocycles. The van der Waals surface area contributed by atoms with Crippen molar-refractivity contribution >= 4 is 21.9 Å². The number of esters is 1. The molecule has 1 aliphatic carbocycles. The van der Waals surface area contributed by atoms with Crippen LogP contribution in [-0.2, 0) is 9.53 Å². The molecule has 0 aromatic carbocycles. The molecular formula is C11H17BrO2. The highest BCUT2D eigenvalue weighted by molar-refractivity contribution is 9.11. The molecule has 3 heteroatoms. The van der Waals surface area contributed by atoms with Crippen LogP contribution in [0.2, 0.25) is 0 Å². The Kier molecular flexibility index (Phi) is 3.10. The molecule has 1 atom stereocenters. The highest BCUT2D eigenvalue weighted by atomic mass is 79.9. The Morgan fingerprint density at radius 2 is 2.07 bits per heavy atom. The number of halogens is 1. The van der Waals surface area contributed by atoms with Crippen LogP contribution in [0.5, 0.6) is 0 Å². The third kappa shape index (κ3) is 1.42. The second-order valence-electron chi connectivity index (χ2n) is 4.58. The lowest BCUT2D eigenvalue weighted by Crippen LogP contribution is -2.39. The standard InChI is InChI=1S/C11H17BrO2/c1-10(2)8(7-12)5-6-11(10,3)9(13)14-4/h7H,5-6H2,1-4H3/b8-7+/t11-/m0/s1. The number of carbonyl (C=O) groups excluding carboxylic acids is 1. The molecule has 0 aliphatic heterocycles. The maximum Gasteiger partial charge on any atom is 0.312 e. The van der Waals surface area contributed by atoms with Crippen LogP contribution in [0.1, 0.15) is 33.6 Å². The average molecular weight is 261 g/mol. The lowest BCUT2D eigenvalue weighted by Gasteiger charge is -2.36. The minimum Gasteiger partial charge on any atom is -0.469 e. The van der Waals surface area contributed by atoms with Gasteiger partial charge >= 0.3 is 5.97 Å². The smallest absolute Gasteiger partial charge is 0.312 e. The lowest BCUT2D eigenvalue weighted by molar-refractivity contribution is -0.156. The number of hydrogen-bond donors (Lipinski definition) is 0. The molecule has 0 radical (unpaired) electrons. The van der Waals surface area contributed by atoms with Gasteiger partial charge < -0.3 is 4.74 Å². The maximum absolute atomic E-state index is 11.7. The van der Waals surface area contributed by atoms with E-state index in [-0.39, 0.29) is 16.8 Å². The van der Waals surface area contributed by atoms with Gasteiger partial charge in [-0.25, -0.2) is 0 Å². The van der Waals surface area contributed by atoms with Crippen molar-refractivity contribution in [3.05, 3.63) is 10.6 Å². The highest BCUT2D eigenvalue weighted by Gasteiger charge is 2.53. The second kappa shape index (κ2) is 3.69. The first-order valence-corrected chi connectivity index (χ1v) is 5.70. The van der Waals surface area contributed by atoms with Gasteiger partial charge in [0, 0.05) is 5.41 Å². The summed E-state index contributed by atoms with van der Waals surface area (Å²) in [5.74, 6) is -0.105. The normalized spacial score (nSPS) is 33.4. The quantitative estimate of drug-likeness (QED) is 0.677. The Labute approximate surface area is 93.8 Å². The van der Waals surface area contributed by atoms with Gasteiger partial charge in [-0.15, -0.1) is 0 Å². The number of ether oxygens (including phenoxy) is 1. The first-order chi connectivity index (χ1) is 6.40. The molecule has 0 unspecified atom stereocenters. The molecule has 2 nitrogen and oxygen atoms in total. The maximum atomic E-state index is 11.7. The average Bonchev–Trinajstić information content (AvgIpc) is 2.38. The summed E-state index contributed by atoms with van der Waals surface area (Å²) >= 11 is 3.36. The minimum atomic E-state index is -0.388. The van der Waals surface area contributed by atoms with Gasteiger partial charge in [0.2, 0.25) is 0 Å². The molecule has 0 aromatic rings. The van der Waals surface area contributed by atoms with E-state index in [1.54, 1.807) is 0 Å². The van der Waals surface area contributed by atoms with Crippen molar-refractivity contribution in [2.45, 2.75) is 33.6 Å². The lowest BCUT2D eigenvalue weighted by atomic mass is 9.68. The van der Waals surface area contributed by atoms with E-state index in [0.717, 1.165) is 12.8 Å². The molecule has 80 valence electrons. The monoisotopic (exact) mass is 260 g/mol. The largest absolute Gasteiger partial charge is 0.469 e. The summed E-state index contributed by atoms with van der Waals surface area (Å²) in [7, 11) is 1.46. The van der Waals surface area contributed by atoms with Crippen LogP contribution in [0.15, 0.2) is 10.6 Å². The Bertz CT molecular complexity index is 281. The van der Waals surface area contributed by atoms with Gasteiger partial charge in [0.05, 0.1) is 12.5 Å². The number of methoxy groups -OCH3 is 1. The third-order valence-corrected chi connectivity index (χ3v) is 4.40. The van der Waals surface area contributed by atoms with Gasteiger partial charge in [-0.1, -0.05) is 35.4 Å². The van der Waals surface area contributed by atoms with Crippen LogP contribution >= 0.6 is 15.9 Å². The third-order valence-electron chi connectivity index (χ3n) is 3.84. The van der Waals surface area contributed by atoms with Gasteiger partial charge in [-0.3, -0.25) is 4.79 Å². The predicted molar refractivity (Wildman–Crippen MR) is 60.1 cm³/mol. The zero-order valence-electron chi connectivity index (χ0n) is 9.19. The van der Waals surface area contributed by atoms with E-state index in [1.165, 1.54) is 12.7 Å². The van der Waals surface area contributed by atoms with Gasteiger partial charge in [0.1, 0.15) is 0 Å². The predicted octanol–water partition coefficient (Wildman–Crippen LogP) is 3.26. The molecule has 1 saturated carbocycles. The van der Waals surface area contributed by atoms with Crippen molar-refractivity contribution in [1.29, 1.82) is 0 Å².